The minimum atomic E-state index is -0.325. The van der Waals surface area contributed by atoms with Crippen LogP contribution < -0.4 is 19.7 Å². The molecule has 0 unspecified atom stereocenters. The molecule has 0 bridgehead atoms. The van der Waals surface area contributed by atoms with E-state index in [4.69, 9.17) is 9.47 Å². The summed E-state index contributed by atoms with van der Waals surface area (Å²) in [6.07, 6.45) is 2.06. The molecule has 0 saturated heterocycles. The molecule has 1 amide bonds. The van der Waals surface area contributed by atoms with E-state index in [0.717, 1.165) is 31.7 Å². The molecule has 2 aromatic rings. The Morgan fingerprint density at radius 2 is 1.69 bits per heavy atom. The van der Waals surface area contributed by atoms with E-state index >= 15 is 0 Å². The lowest BCUT2D eigenvalue weighted by Crippen LogP contribution is -2.26. The van der Waals surface area contributed by atoms with E-state index in [1.54, 1.807) is 38.5 Å². The summed E-state index contributed by atoms with van der Waals surface area (Å²) in [6, 6.07) is 8.70. The van der Waals surface area contributed by atoms with Crippen LogP contribution in [0.2, 0.25) is 0 Å². The van der Waals surface area contributed by atoms with Crippen LogP contribution in [0.15, 0.2) is 30.3 Å². The van der Waals surface area contributed by atoms with Gasteiger partial charge in [-0.15, -0.1) is 10.2 Å². The Morgan fingerprint density at radius 3 is 2.23 bits per heavy atom. The summed E-state index contributed by atoms with van der Waals surface area (Å²) in [7, 11) is 3.11. The fraction of sp³-hybridized carbons (Fsp3) is 0.421. The fourth-order valence-electron chi connectivity index (χ4n) is 2.60. The van der Waals surface area contributed by atoms with Gasteiger partial charge in [0.25, 0.3) is 5.91 Å². The van der Waals surface area contributed by atoms with E-state index in [1.165, 1.54) is 0 Å². The van der Waals surface area contributed by atoms with E-state index in [9.17, 15) is 4.79 Å². The first-order chi connectivity index (χ1) is 12.6. The van der Waals surface area contributed by atoms with Crippen LogP contribution in [-0.4, -0.2) is 43.4 Å². The molecule has 0 spiro atoms. The van der Waals surface area contributed by atoms with Crippen molar-refractivity contribution in [3.8, 4) is 11.5 Å². The molecular formula is C19H26N4O3. The Kier molecular flexibility index (Phi) is 7.20. The summed E-state index contributed by atoms with van der Waals surface area (Å²) in [4.78, 5) is 14.6. The highest BCUT2D eigenvalue weighted by molar-refractivity contribution is 6.02. The van der Waals surface area contributed by atoms with Gasteiger partial charge in [0.15, 0.2) is 23.0 Å². The second kappa shape index (κ2) is 9.60. The number of carbonyl (C=O) groups is 1. The average molecular weight is 358 g/mol. The highest BCUT2D eigenvalue weighted by Crippen LogP contribution is 2.29. The number of hydrogen-bond donors (Lipinski definition) is 1. The van der Waals surface area contributed by atoms with Crippen LogP contribution in [-0.2, 0) is 0 Å². The maximum absolute atomic E-state index is 12.4. The van der Waals surface area contributed by atoms with Crippen LogP contribution in [0, 0.1) is 0 Å². The van der Waals surface area contributed by atoms with Gasteiger partial charge in [0.1, 0.15) is 0 Å². The quantitative estimate of drug-likeness (QED) is 0.741. The van der Waals surface area contributed by atoms with Gasteiger partial charge in [-0.2, -0.15) is 0 Å². The SMILES string of the molecule is CCCN(CCC)c1ccc(C(=O)Nc2ccc(OC)c(OC)c2)nn1. The number of methoxy groups -OCH3 is 2. The fourth-order valence-corrected chi connectivity index (χ4v) is 2.60. The van der Waals surface area contributed by atoms with Crippen molar-refractivity contribution in [2.24, 2.45) is 0 Å². The predicted octanol–water partition coefficient (Wildman–Crippen LogP) is 3.37. The van der Waals surface area contributed by atoms with Crippen LogP contribution >= 0.6 is 0 Å². The molecule has 7 nitrogen and oxygen atoms in total. The van der Waals surface area contributed by atoms with Gasteiger partial charge < -0.3 is 19.7 Å². The summed E-state index contributed by atoms with van der Waals surface area (Å²) < 4.78 is 10.4. The minimum Gasteiger partial charge on any atom is -0.493 e. The zero-order valence-corrected chi connectivity index (χ0v) is 15.8. The third kappa shape index (κ3) is 4.84. The molecule has 0 aliphatic carbocycles. The summed E-state index contributed by atoms with van der Waals surface area (Å²) in [5, 5.41) is 11.1. The molecule has 26 heavy (non-hydrogen) atoms. The minimum absolute atomic E-state index is 0.261. The molecule has 0 saturated carbocycles. The number of amides is 1. The zero-order valence-electron chi connectivity index (χ0n) is 15.8. The van der Waals surface area contributed by atoms with Gasteiger partial charge >= 0.3 is 0 Å². The lowest BCUT2D eigenvalue weighted by Gasteiger charge is -2.21. The topological polar surface area (TPSA) is 76.6 Å². The van der Waals surface area contributed by atoms with Gasteiger partial charge in [0, 0.05) is 24.8 Å². The summed E-state index contributed by atoms with van der Waals surface area (Å²) >= 11 is 0. The average Bonchev–Trinajstić information content (AvgIpc) is 2.67. The zero-order chi connectivity index (χ0) is 18.9. The molecule has 1 aromatic carbocycles. The van der Waals surface area contributed by atoms with E-state index in [0.29, 0.717) is 17.2 Å². The maximum Gasteiger partial charge on any atom is 0.276 e. The molecule has 0 fully saturated rings. The molecule has 0 atom stereocenters. The molecule has 1 N–H and O–H groups in total. The summed E-state index contributed by atoms with van der Waals surface area (Å²) in [6.45, 7) is 6.08. The van der Waals surface area contributed by atoms with Crippen LogP contribution in [0.3, 0.4) is 0 Å². The van der Waals surface area contributed by atoms with Crippen molar-refractivity contribution >= 4 is 17.4 Å². The molecule has 0 radical (unpaired) electrons. The monoisotopic (exact) mass is 358 g/mol. The van der Waals surface area contributed by atoms with Gasteiger partial charge in [-0.1, -0.05) is 13.8 Å². The molecule has 2 rings (SSSR count). The number of nitrogens with zero attached hydrogens (tertiary/aromatic N) is 3. The molecule has 7 heteroatoms. The van der Waals surface area contributed by atoms with Crippen LogP contribution in [0.25, 0.3) is 0 Å². The summed E-state index contributed by atoms with van der Waals surface area (Å²) in [5.74, 6) is 1.60. The number of anilines is 2. The van der Waals surface area contributed by atoms with Crippen LogP contribution in [0.4, 0.5) is 11.5 Å². The second-order valence-electron chi connectivity index (χ2n) is 5.79. The largest absolute Gasteiger partial charge is 0.493 e. The Labute approximate surface area is 154 Å². The van der Waals surface area contributed by atoms with Crippen molar-refractivity contribution in [1.29, 1.82) is 0 Å². The third-order valence-electron chi connectivity index (χ3n) is 3.84. The van der Waals surface area contributed by atoms with Gasteiger partial charge in [-0.3, -0.25) is 4.79 Å². The van der Waals surface area contributed by atoms with E-state index in [1.807, 2.05) is 6.07 Å². The number of nitrogens with one attached hydrogen (secondary N) is 1. The maximum atomic E-state index is 12.4. The van der Waals surface area contributed by atoms with Gasteiger partial charge in [-0.05, 0) is 37.1 Å². The Morgan fingerprint density at radius 1 is 1.00 bits per heavy atom. The Hall–Kier alpha value is -2.83. The van der Waals surface area contributed by atoms with Gasteiger partial charge in [0.05, 0.1) is 14.2 Å². The van der Waals surface area contributed by atoms with E-state index < -0.39 is 0 Å². The number of carbonyl (C=O) groups excluding carboxylic acids is 1. The lowest BCUT2D eigenvalue weighted by molar-refractivity contribution is 0.102. The molecule has 0 aliphatic heterocycles. The highest BCUT2D eigenvalue weighted by atomic mass is 16.5. The summed E-state index contributed by atoms with van der Waals surface area (Å²) in [5.41, 5.74) is 0.855. The normalized spacial score (nSPS) is 10.3. The van der Waals surface area contributed by atoms with Crippen molar-refractivity contribution in [2.45, 2.75) is 26.7 Å². The van der Waals surface area contributed by atoms with Crippen molar-refractivity contribution < 1.29 is 14.3 Å². The van der Waals surface area contributed by atoms with Crippen molar-refractivity contribution in [3.63, 3.8) is 0 Å². The predicted molar refractivity (Wildman–Crippen MR) is 102 cm³/mol. The second-order valence-corrected chi connectivity index (χ2v) is 5.79. The van der Waals surface area contributed by atoms with Gasteiger partial charge in [0.2, 0.25) is 0 Å². The standard InChI is InChI=1S/C19H26N4O3/c1-5-11-23(12-6-2)18-10-8-15(21-22-18)19(24)20-14-7-9-16(25-3)17(13-14)26-4/h7-10,13H,5-6,11-12H2,1-4H3,(H,20,24). The van der Waals surface area contributed by atoms with Crippen molar-refractivity contribution in [2.75, 3.05) is 37.5 Å². The lowest BCUT2D eigenvalue weighted by atomic mass is 10.2. The van der Waals surface area contributed by atoms with Crippen molar-refractivity contribution in [1.82, 2.24) is 10.2 Å². The number of hydrogen-bond acceptors (Lipinski definition) is 6. The molecule has 0 aliphatic rings. The molecular weight excluding hydrogens is 332 g/mol. The van der Waals surface area contributed by atoms with Crippen LogP contribution in [0.1, 0.15) is 37.2 Å². The first-order valence-electron chi connectivity index (χ1n) is 8.75. The first-order valence-corrected chi connectivity index (χ1v) is 8.75. The number of aromatic nitrogens is 2. The third-order valence-corrected chi connectivity index (χ3v) is 3.84. The first kappa shape index (κ1) is 19.5. The van der Waals surface area contributed by atoms with Crippen LogP contribution in [0.5, 0.6) is 11.5 Å². The molecule has 1 heterocycles. The molecule has 140 valence electrons. The number of rotatable bonds is 9. The number of benzene rings is 1. The Bertz CT molecular complexity index is 713. The van der Waals surface area contributed by atoms with Crippen molar-refractivity contribution in [3.05, 3.63) is 36.0 Å². The van der Waals surface area contributed by atoms with E-state index in [2.05, 4.69) is 34.3 Å². The number of ether oxygens (including phenoxy) is 2. The smallest absolute Gasteiger partial charge is 0.276 e. The Balaban J connectivity index is 2.10. The van der Waals surface area contributed by atoms with Gasteiger partial charge in [-0.25, -0.2) is 0 Å². The highest BCUT2D eigenvalue weighted by Gasteiger charge is 2.13. The molecule has 1 aromatic heterocycles. The van der Waals surface area contributed by atoms with E-state index in [-0.39, 0.29) is 11.6 Å².